The zero-order valence-electron chi connectivity index (χ0n) is 22.2. The number of rotatable bonds is 8. The van der Waals surface area contributed by atoms with Crippen LogP contribution in [0.15, 0.2) is 61.1 Å². The number of likely N-dealkylation sites (tertiary alicyclic amines) is 1. The molecule has 1 fully saturated rings. The Morgan fingerprint density at radius 2 is 1.79 bits per heavy atom. The zero-order valence-corrected chi connectivity index (χ0v) is 22.2. The summed E-state index contributed by atoms with van der Waals surface area (Å²) in [6.07, 6.45) is 0.257. The standard InChI is InChI=1S/C29H36F3N5O/c1-4-35(5-2)28(38)37(19-22-9-7-6-8-10-22)24-13-15-36(16-14-24)27(26-18-33-20-34-26)23-12-11-21(3)25(17-23)29(30,31)32/h6-12,17-18,20,24,27H,4-5,13-16,19H2,1-3H3,(H,33,34). The van der Waals surface area contributed by atoms with Gasteiger partial charge in [0.05, 0.1) is 23.6 Å². The molecular weight excluding hydrogens is 491 g/mol. The average Bonchev–Trinajstić information content (AvgIpc) is 3.44. The van der Waals surface area contributed by atoms with Crippen molar-refractivity contribution in [3.63, 3.8) is 0 Å². The minimum Gasteiger partial charge on any atom is -0.347 e. The number of H-pyrrole nitrogens is 1. The Morgan fingerprint density at radius 3 is 2.37 bits per heavy atom. The molecule has 38 heavy (non-hydrogen) atoms. The minimum atomic E-state index is -4.42. The monoisotopic (exact) mass is 527 g/mol. The van der Waals surface area contributed by atoms with Gasteiger partial charge in [-0.25, -0.2) is 9.78 Å². The Kier molecular flexibility index (Phi) is 8.76. The Hall–Kier alpha value is -3.33. The van der Waals surface area contributed by atoms with Crippen LogP contribution in [0.4, 0.5) is 18.0 Å². The maximum atomic E-state index is 13.7. The number of nitrogens with one attached hydrogen (secondary N) is 1. The van der Waals surface area contributed by atoms with E-state index in [-0.39, 0.29) is 23.7 Å². The zero-order chi connectivity index (χ0) is 27.3. The maximum absolute atomic E-state index is 13.7. The first-order chi connectivity index (χ1) is 18.2. The van der Waals surface area contributed by atoms with Crippen LogP contribution in [0.25, 0.3) is 0 Å². The van der Waals surface area contributed by atoms with Gasteiger partial charge in [0.25, 0.3) is 0 Å². The number of hydrogen-bond donors (Lipinski definition) is 1. The number of aromatic amines is 1. The second kappa shape index (κ2) is 12.0. The molecule has 1 aliphatic heterocycles. The maximum Gasteiger partial charge on any atom is 0.416 e. The van der Waals surface area contributed by atoms with Crippen molar-refractivity contribution in [1.82, 2.24) is 24.7 Å². The molecule has 0 aliphatic carbocycles. The number of benzene rings is 2. The third-order valence-corrected chi connectivity index (χ3v) is 7.48. The molecule has 1 aliphatic rings. The summed E-state index contributed by atoms with van der Waals surface area (Å²) in [5.74, 6) is 0. The Balaban J connectivity index is 1.58. The lowest BCUT2D eigenvalue weighted by Gasteiger charge is -2.42. The summed E-state index contributed by atoms with van der Waals surface area (Å²) in [6.45, 7) is 8.52. The number of carbonyl (C=O) groups is 1. The predicted octanol–water partition coefficient (Wildman–Crippen LogP) is 6.25. The Labute approximate surface area is 222 Å². The number of carbonyl (C=O) groups excluding carboxylic acids is 1. The van der Waals surface area contributed by atoms with E-state index in [1.807, 2.05) is 54.0 Å². The summed E-state index contributed by atoms with van der Waals surface area (Å²) in [4.78, 5) is 26.8. The molecule has 0 spiro atoms. The van der Waals surface area contributed by atoms with E-state index in [0.29, 0.717) is 38.3 Å². The highest BCUT2D eigenvalue weighted by Gasteiger charge is 2.36. The van der Waals surface area contributed by atoms with Gasteiger partial charge in [0.1, 0.15) is 0 Å². The van der Waals surface area contributed by atoms with Gasteiger partial charge in [-0.3, -0.25) is 4.90 Å². The van der Waals surface area contributed by atoms with E-state index in [1.54, 1.807) is 24.7 Å². The number of alkyl halides is 3. The predicted molar refractivity (Wildman–Crippen MR) is 142 cm³/mol. The highest BCUT2D eigenvalue weighted by Crippen LogP contribution is 2.37. The first-order valence-electron chi connectivity index (χ1n) is 13.2. The first-order valence-corrected chi connectivity index (χ1v) is 13.2. The van der Waals surface area contributed by atoms with Gasteiger partial charge < -0.3 is 14.8 Å². The number of urea groups is 1. The number of aromatic nitrogens is 2. The summed E-state index contributed by atoms with van der Waals surface area (Å²) < 4.78 is 41.2. The number of aryl methyl sites for hydroxylation is 1. The molecule has 4 rings (SSSR count). The lowest BCUT2D eigenvalue weighted by Crippen LogP contribution is -2.52. The van der Waals surface area contributed by atoms with Crippen LogP contribution in [0.3, 0.4) is 0 Å². The van der Waals surface area contributed by atoms with Gasteiger partial charge in [0.15, 0.2) is 0 Å². The van der Waals surface area contributed by atoms with Gasteiger partial charge >= 0.3 is 12.2 Å². The van der Waals surface area contributed by atoms with Crippen molar-refractivity contribution in [2.45, 2.75) is 58.4 Å². The van der Waals surface area contributed by atoms with Crippen LogP contribution in [-0.2, 0) is 12.7 Å². The molecule has 1 N–H and O–H groups in total. The molecular formula is C29H36F3N5O. The minimum absolute atomic E-state index is 0.0239. The normalized spacial score (nSPS) is 15.8. The van der Waals surface area contributed by atoms with Crippen molar-refractivity contribution in [2.24, 2.45) is 0 Å². The first kappa shape index (κ1) is 27.7. The van der Waals surface area contributed by atoms with E-state index < -0.39 is 11.7 Å². The van der Waals surface area contributed by atoms with Crippen LogP contribution in [-0.4, -0.2) is 62.9 Å². The number of halogens is 3. The van der Waals surface area contributed by atoms with Gasteiger partial charge in [0, 0.05) is 45.0 Å². The molecule has 0 saturated carbocycles. The summed E-state index contributed by atoms with van der Waals surface area (Å²) in [5, 5.41) is 0. The summed E-state index contributed by atoms with van der Waals surface area (Å²) in [7, 11) is 0. The van der Waals surface area contributed by atoms with Crippen LogP contribution in [0.2, 0.25) is 0 Å². The molecule has 2 aromatic carbocycles. The van der Waals surface area contributed by atoms with E-state index >= 15 is 0 Å². The molecule has 3 aromatic rings. The van der Waals surface area contributed by atoms with Gasteiger partial charge in [-0.1, -0.05) is 42.5 Å². The molecule has 1 unspecified atom stereocenters. The van der Waals surface area contributed by atoms with E-state index in [9.17, 15) is 18.0 Å². The fourth-order valence-corrected chi connectivity index (χ4v) is 5.38. The van der Waals surface area contributed by atoms with E-state index in [1.165, 1.54) is 13.0 Å². The van der Waals surface area contributed by atoms with Gasteiger partial charge in [-0.15, -0.1) is 0 Å². The van der Waals surface area contributed by atoms with Crippen molar-refractivity contribution in [1.29, 1.82) is 0 Å². The van der Waals surface area contributed by atoms with Crippen LogP contribution in [0.1, 0.15) is 60.7 Å². The smallest absolute Gasteiger partial charge is 0.347 e. The van der Waals surface area contributed by atoms with Crippen molar-refractivity contribution >= 4 is 6.03 Å². The van der Waals surface area contributed by atoms with Crippen LogP contribution < -0.4 is 0 Å². The van der Waals surface area contributed by atoms with Crippen molar-refractivity contribution in [3.8, 4) is 0 Å². The number of hydrogen-bond acceptors (Lipinski definition) is 3. The average molecular weight is 528 g/mol. The Morgan fingerprint density at radius 1 is 1.11 bits per heavy atom. The third-order valence-electron chi connectivity index (χ3n) is 7.48. The third kappa shape index (κ3) is 6.20. The molecule has 204 valence electrons. The van der Waals surface area contributed by atoms with Crippen LogP contribution in [0, 0.1) is 6.92 Å². The topological polar surface area (TPSA) is 55.5 Å². The van der Waals surface area contributed by atoms with Gasteiger partial charge in [-0.2, -0.15) is 13.2 Å². The fourth-order valence-electron chi connectivity index (χ4n) is 5.38. The lowest BCUT2D eigenvalue weighted by atomic mass is 9.94. The van der Waals surface area contributed by atoms with Crippen LogP contribution in [0.5, 0.6) is 0 Å². The second-order valence-electron chi connectivity index (χ2n) is 9.82. The highest BCUT2D eigenvalue weighted by atomic mass is 19.4. The number of piperidine rings is 1. The molecule has 6 nitrogen and oxygen atoms in total. The second-order valence-corrected chi connectivity index (χ2v) is 9.82. The molecule has 0 bridgehead atoms. The fraction of sp³-hybridized carbons (Fsp3) is 0.448. The van der Waals surface area contributed by atoms with Crippen molar-refractivity contribution in [3.05, 3.63) is 89.0 Å². The van der Waals surface area contributed by atoms with Crippen LogP contribution >= 0.6 is 0 Å². The summed E-state index contributed by atoms with van der Waals surface area (Å²) >= 11 is 0. The quantitative estimate of drug-likeness (QED) is 0.377. The largest absolute Gasteiger partial charge is 0.416 e. The molecule has 2 amide bonds. The number of amides is 2. The van der Waals surface area contributed by atoms with E-state index in [2.05, 4.69) is 14.9 Å². The summed E-state index contributed by atoms with van der Waals surface area (Å²) in [5.41, 5.74) is 1.99. The molecule has 2 heterocycles. The van der Waals surface area contributed by atoms with Crippen molar-refractivity contribution < 1.29 is 18.0 Å². The molecule has 1 aromatic heterocycles. The molecule has 9 heteroatoms. The molecule has 0 radical (unpaired) electrons. The molecule has 1 saturated heterocycles. The van der Waals surface area contributed by atoms with E-state index in [4.69, 9.17) is 0 Å². The van der Waals surface area contributed by atoms with Gasteiger partial charge in [-0.05, 0) is 56.4 Å². The van der Waals surface area contributed by atoms with E-state index in [0.717, 1.165) is 24.1 Å². The summed E-state index contributed by atoms with van der Waals surface area (Å²) in [6, 6.07) is 14.2. The number of imidazole rings is 1. The number of nitrogens with zero attached hydrogens (tertiary/aromatic N) is 4. The highest BCUT2D eigenvalue weighted by molar-refractivity contribution is 5.74. The van der Waals surface area contributed by atoms with Gasteiger partial charge in [0.2, 0.25) is 0 Å². The molecule has 1 atom stereocenters. The SMILES string of the molecule is CCN(CC)C(=O)N(Cc1ccccc1)C1CCN(C(c2ccc(C)c(C(F)(F)F)c2)c2cnc[nH]2)CC1. The lowest BCUT2D eigenvalue weighted by molar-refractivity contribution is -0.138. The Bertz CT molecular complexity index is 1170. The van der Waals surface area contributed by atoms with Crippen molar-refractivity contribution in [2.75, 3.05) is 26.2 Å².